The van der Waals surface area contributed by atoms with Gasteiger partial charge in [0.05, 0.1) is 0 Å². The van der Waals surface area contributed by atoms with E-state index in [-0.39, 0.29) is 5.15 Å². The predicted octanol–water partition coefficient (Wildman–Crippen LogP) is 2.06. The van der Waals surface area contributed by atoms with Gasteiger partial charge in [0.1, 0.15) is 6.10 Å². The van der Waals surface area contributed by atoms with Crippen LogP contribution in [-0.4, -0.2) is 21.8 Å². The maximum atomic E-state index is 9.05. The Morgan fingerprint density at radius 1 is 1.62 bits per heavy atom. The van der Waals surface area contributed by atoms with Gasteiger partial charge in [0.25, 0.3) is 0 Å². The van der Waals surface area contributed by atoms with Crippen LogP contribution in [0.2, 0.25) is 5.15 Å². The van der Waals surface area contributed by atoms with Gasteiger partial charge in [-0.15, -0.1) is 0 Å². The van der Waals surface area contributed by atoms with Gasteiger partial charge in [0.2, 0.25) is 0 Å². The minimum atomic E-state index is -0.818. The summed E-state index contributed by atoms with van der Waals surface area (Å²) in [5.41, 5.74) is -0.818. The molecule has 0 aromatic carbocycles. The molecule has 13 heavy (non-hydrogen) atoms. The molecule has 5 heteroatoms. The zero-order valence-corrected chi connectivity index (χ0v) is 8.46. The van der Waals surface area contributed by atoms with Crippen molar-refractivity contribution in [3.63, 3.8) is 0 Å². The van der Waals surface area contributed by atoms with Crippen LogP contribution in [-0.2, 0) is 0 Å². The Morgan fingerprint density at radius 2 is 2.31 bits per heavy atom. The van der Waals surface area contributed by atoms with Crippen molar-refractivity contribution >= 4 is 23.2 Å². The van der Waals surface area contributed by atoms with E-state index >= 15 is 0 Å². The minimum Gasteiger partial charge on any atom is -0.469 e. The third-order valence-electron chi connectivity index (χ3n) is 1.34. The second kappa shape index (κ2) is 4.65. The Hall–Kier alpha value is -0.510. The zero-order chi connectivity index (χ0) is 9.84. The quantitative estimate of drug-likeness (QED) is 0.628. The van der Waals surface area contributed by atoms with Crippen LogP contribution in [0.4, 0.5) is 0 Å². The van der Waals surface area contributed by atoms with Gasteiger partial charge in [-0.05, 0) is 19.1 Å². The number of nitrogens with zero attached hydrogens (tertiary/aromatic N) is 1. The van der Waals surface area contributed by atoms with E-state index in [9.17, 15) is 0 Å². The molecule has 3 nitrogen and oxygen atoms in total. The van der Waals surface area contributed by atoms with Crippen molar-refractivity contribution in [3.8, 4) is 5.75 Å². The third kappa shape index (κ3) is 3.03. The molecule has 0 fully saturated rings. The molecule has 0 aliphatic carbocycles. The highest BCUT2D eigenvalue weighted by Gasteiger charge is 2.14. The summed E-state index contributed by atoms with van der Waals surface area (Å²) in [6.45, 7) is 1.53. The molecule has 0 saturated heterocycles. The highest BCUT2D eigenvalue weighted by molar-refractivity contribution is 6.30. The first-order chi connectivity index (χ1) is 6.11. The van der Waals surface area contributed by atoms with Crippen LogP contribution >= 0.6 is 23.2 Å². The molecule has 0 bridgehead atoms. The second-order valence-electron chi connectivity index (χ2n) is 2.50. The Labute approximate surface area is 86.3 Å². The average Bonchev–Trinajstić information content (AvgIpc) is 2.08. The van der Waals surface area contributed by atoms with Crippen molar-refractivity contribution in [1.29, 1.82) is 0 Å². The fraction of sp³-hybridized carbons (Fsp3) is 0.375. The minimum absolute atomic E-state index is 0.230. The smallest absolute Gasteiger partial charge is 0.197 e. The van der Waals surface area contributed by atoms with E-state index in [4.69, 9.17) is 33.0 Å². The van der Waals surface area contributed by atoms with E-state index in [0.717, 1.165) is 0 Å². The van der Waals surface area contributed by atoms with E-state index in [1.807, 2.05) is 0 Å². The molecule has 1 heterocycles. The van der Waals surface area contributed by atoms with Gasteiger partial charge < -0.3 is 9.84 Å². The maximum absolute atomic E-state index is 9.05. The molecule has 1 rings (SSSR count). The molecule has 2 atom stereocenters. The second-order valence-corrected chi connectivity index (χ2v) is 3.29. The van der Waals surface area contributed by atoms with Crippen LogP contribution in [0.1, 0.15) is 6.92 Å². The van der Waals surface area contributed by atoms with E-state index in [0.29, 0.717) is 5.75 Å². The molecule has 2 unspecified atom stereocenters. The summed E-state index contributed by atoms with van der Waals surface area (Å²) in [6, 6.07) is 3.31. The first-order valence-electron chi connectivity index (χ1n) is 3.70. The number of hydrogen-bond donors (Lipinski definition) is 1. The summed E-state index contributed by atoms with van der Waals surface area (Å²) >= 11 is 11.4. The number of ether oxygens (including phenoxy) is 1. The van der Waals surface area contributed by atoms with Gasteiger partial charge in [-0.2, -0.15) is 0 Å². The Bertz CT molecular complexity index is 281. The number of rotatable bonds is 3. The van der Waals surface area contributed by atoms with Crippen LogP contribution in [0.5, 0.6) is 5.75 Å². The van der Waals surface area contributed by atoms with Crippen molar-refractivity contribution in [2.24, 2.45) is 0 Å². The normalized spacial score (nSPS) is 15.1. The highest BCUT2D eigenvalue weighted by Crippen LogP contribution is 2.23. The molecular weight excluding hydrogens is 213 g/mol. The van der Waals surface area contributed by atoms with Gasteiger partial charge in [0.15, 0.2) is 16.5 Å². The number of halogens is 2. The number of alkyl halides is 1. The lowest BCUT2D eigenvalue weighted by atomic mass is 10.4. The molecule has 0 aliphatic rings. The van der Waals surface area contributed by atoms with Gasteiger partial charge in [0, 0.05) is 6.20 Å². The maximum Gasteiger partial charge on any atom is 0.197 e. The summed E-state index contributed by atoms with van der Waals surface area (Å²) in [5.74, 6) is 0.366. The van der Waals surface area contributed by atoms with E-state index < -0.39 is 11.7 Å². The van der Waals surface area contributed by atoms with Gasteiger partial charge in [-0.25, -0.2) is 4.98 Å². The zero-order valence-electron chi connectivity index (χ0n) is 6.95. The van der Waals surface area contributed by atoms with Crippen LogP contribution in [0, 0.1) is 0 Å². The molecule has 1 aromatic heterocycles. The summed E-state index contributed by atoms with van der Waals surface area (Å²) in [5, 5.41) is 9.28. The summed E-state index contributed by atoms with van der Waals surface area (Å²) in [6.07, 6.45) is 0.777. The molecule has 0 aliphatic heterocycles. The van der Waals surface area contributed by atoms with Crippen molar-refractivity contribution in [2.45, 2.75) is 18.6 Å². The van der Waals surface area contributed by atoms with E-state index in [1.54, 1.807) is 18.3 Å². The predicted molar refractivity (Wildman–Crippen MR) is 51.2 cm³/mol. The largest absolute Gasteiger partial charge is 0.469 e. The SMILES string of the molecule is CC(O)C(Cl)Oc1cccnc1Cl. The molecular formula is C8H9Cl2NO2. The van der Waals surface area contributed by atoms with E-state index in [1.165, 1.54) is 6.92 Å². The Kier molecular flexibility index (Phi) is 3.78. The molecule has 0 radical (unpaired) electrons. The van der Waals surface area contributed by atoms with Gasteiger partial charge in [-0.3, -0.25) is 0 Å². The summed E-state index contributed by atoms with van der Waals surface area (Å²) in [4.78, 5) is 3.79. The standard InChI is InChI=1S/C8H9Cl2NO2/c1-5(12)8(10)13-6-3-2-4-11-7(6)9/h2-5,8,12H,1H3. The molecule has 1 aromatic rings. The van der Waals surface area contributed by atoms with Gasteiger partial charge >= 0.3 is 0 Å². The van der Waals surface area contributed by atoms with E-state index in [2.05, 4.69) is 4.98 Å². The fourth-order valence-electron chi connectivity index (χ4n) is 0.679. The number of hydrogen-bond acceptors (Lipinski definition) is 3. The lowest BCUT2D eigenvalue weighted by molar-refractivity contribution is 0.0970. The van der Waals surface area contributed by atoms with Crippen molar-refractivity contribution in [2.75, 3.05) is 0 Å². The number of aliphatic hydroxyl groups is 1. The molecule has 0 spiro atoms. The first kappa shape index (κ1) is 10.6. The van der Waals surface area contributed by atoms with Crippen molar-refractivity contribution in [1.82, 2.24) is 4.98 Å². The van der Waals surface area contributed by atoms with Gasteiger partial charge in [-0.1, -0.05) is 23.2 Å². The summed E-state index contributed by atoms with van der Waals surface area (Å²) in [7, 11) is 0. The topological polar surface area (TPSA) is 42.4 Å². The third-order valence-corrected chi connectivity index (χ3v) is 2.08. The number of aliphatic hydroxyl groups excluding tert-OH is 1. The summed E-state index contributed by atoms with van der Waals surface area (Å²) < 4.78 is 5.13. The Balaban J connectivity index is 2.69. The van der Waals surface area contributed by atoms with Crippen LogP contribution in [0.15, 0.2) is 18.3 Å². The monoisotopic (exact) mass is 221 g/mol. The number of aromatic nitrogens is 1. The van der Waals surface area contributed by atoms with Crippen molar-refractivity contribution in [3.05, 3.63) is 23.5 Å². The molecule has 0 saturated carbocycles. The van der Waals surface area contributed by atoms with Crippen molar-refractivity contribution < 1.29 is 9.84 Å². The number of pyridine rings is 1. The van der Waals surface area contributed by atoms with Crippen LogP contribution < -0.4 is 4.74 Å². The molecule has 0 amide bonds. The van der Waals surface area contributed by atoms with Crippen LogP contribution in [0.3, 0.4) is 0 Å². The lowest BCUT2D eigenvalue weighted by Gasteiger charge is -2.15. The fourth-order valence-corrected chi connectivity index (χ4v) is 0.939. The highest BCUT2D eigenvalue weighted by atomic mass is 35.5. The average molecular weight is 222 g/mol. The van der Waals surface area contributed by atoms with Crippen LogP contribution in [0.25, 0.3) is 0 Å². The Morgan fingerprint density at radius 3 is 2.85 bits per heavy atom. The molecule has 72 valence electrons. The molecule has 1 N–H and O–H groups in total. The first-order valence-corrected chi connectivity index (χ1v) is 4.52. The lowest BCUT2D eigenvalue weighted by Crippen LogP contribution is -2.23.